The fourth-order valence-electron chi connectivity index (χ4n) is 1.83. The Kier molecular flexibility index (Phi) is 6.16. The summed E-state index contributed by atoms with van der Waals surface area (Å²) in [5.41, 5.74) is 0.0761. The number of benzene rings is 2. The summed E-state index contributed by atoms with van der Waals surface area (Å²) >= 11 is 8.94. The predicted octanol–water partition coefficient (Wildman–Crippen LogP) is 4.05. The zero-order valence-electron chi connectivity index (χ0n) is 12.4. The first kappa shape index (κ1) is 18.2. The van der Waals surface area contributed by atoms with Crippen LogP contribution in [0.1, 0.15) is 10.4 Å². The number of hydrogen-bond acceptors (Lipinski definition) is 4. The van der Waals surface area contributed by atoms with E-state index in [0.29, 0.717) is 20.9 Å². The molecule has 0 saturated carbocycles. The third-order valence-electron chi connectivity index (χ3n) is 2.92. The van der Waals surface area contributed by atoms with E-state index in [1.54, 1.807) is 12.1 Å². The molecule has 0 bridgehead atoms. The molecule has 1 N–H and O–H groups in total. The van der Waals surface area contributed by atoms with Crippen molar-refractivity contribution in [2.75, 3.05) is 19.0 Å². The Hall–Kier alpha value is -2.12. The summed E-state index contributed by atoms with van der Waals surface area (Å²) in [6, 6.07) is 8.58. The Morgan fingerprint density at radius 1 is 1.25 bits per heavy atom. The largest absolute Gasteiger partial charge is 0.495 e. The Balaban J connectivity index is 1.98. The SMILES string of the molecule is COc1ccc(Cl)cc1NC(=O)COC(=O)c1ccc(Br)cc1F. The lowest BCUT2D eigenvalue weighted by molar-refractivity contribution is -0.119. The van der Waals surface area contributed by atoms with Crippen LogP contribution in [0.15, 0.2) is 40.9 Å². The van der Waals surface area contributed by atoms with E-state index in [9.17, 15) is 14.0 Å². The number of hydrogen-bond donors (Lipinski definition) is 1. The van der Waals surface area contributed by atoms with Crippen molar-refractivity contribution in [3.63, 3.8) is 0 Å². The number of carbonyl (C=O) groups is 2. The molecule has 2 rings (SSSR count). The van der Waals surface area contributed by atoms with Crippen molar-refractivity contribution in [1.82, 2.24) is 0 Å². The summed E-state index contributed by atoms with van der Waals surface area (Å²) in [6.45, 7) is -0.579. The van der Waals surface area contributed by atoms with Gasteiger partial charge in [0.05, 0.1) is 18.4 Å². The van der Waals surface area contributed by atoms with Crippen molar-refractivity contribution in [1.29, 1.82) is 0 Å². The average Bonchev–Trinajstić information content (AvgIpc) is 2.53. The molecule has 1 amide bonds. The van der Waals surface area contributed by atoms with E-state index in [0.717, 1.165) is 6.07 Å². The maximum Gasteiger partial charge on any atom is 0.341 e. The van der Waals surface area contributed by atoms with E-state index in [2.05, 4.69) is 21.2 Å². The second-order valence-electron chi connectivity index (χ2n) is 4.59. The average molecular weight is 417 g/mol. The van der Waals surface area contributed by atoms with Gasteiger partial charge in [0.25, 0.3) is 5.91 Å². The predicted molar refractivity (Wildman–Crippen MR) is 91.0 cm³/mol. The van der Waals surface area contributed by atoms with Crippen molar-refractivity contribution in [2.45, 2.75) is 0 Å². The maximum absolute atomic E-state index is 13.7. The van der Waals surface area contributed by atoms with E-state index in [4.69, 9.17) is 21.1 Å². The molecule has 0 radical (unpaired) electrons. The zero-order chi connectivity index (χ0) is 17.7. The number of anilines is 1. The van der Waals surface area contributed by atoms with Gasteiger partial charge in [-0.1, -0.05) is 27.5 Å². The minimum atomic E-state index is -0.937. The standard InChI is InChI=1S/C16H12BrClFNO4/c1-23-14-5-3-10(18)7-13(14)20-15(21)8-24-16(22)11-4-2-9(17)6-12(11)19/h2-7H,8H2,1H3,(H,20,21). The third kappa shape index (κ3) is 4.69. The molecule has 0 unspecified atom stereocenters. The van der Waals surface area contributed by atoms with E-state index >= 15 is 0 Å². The lowest BCUT2D eigenvalue weighted by Crippen LogP contribution is -2.21. The summed E-state index contributed by atoms with van der Waals surface area (Å²) in [5.74, 6) is -1.89. The molecule has 0 aliphatic rings. The van der Waals surface area contributed by atoms with Crippen LogP contribution in [0.5, 0.6) is 5.75 Å². The second-order valence-corrected chi connectivity index (χ2v) is 5.95. The zero-order valence-corrected chi connectivity index (χ0v) is 14.8. The molecular weight excluding hydrogens is 405 g/mol. The van der Waals surface area contributed by atoms with Crippen LogP contribution in [0.25, 0.3) is 0 Å². The van der Waals surface area contributed by atoms with Crippen molar-refractivity contribution in [2.24, 2.45) is 0 Å². The fraction of sp³-hybridized carbons (Fsp3) is 0.125. The molecule has 126 valence electrons. The highest BCUT2D eigenvalue weighted by molar-refractivity contribution is 9.10. The fourth-order valence-corrected chi connectivity index (χ4v) is 2.33. The second kappa shape index (κ2) is 8.12. The van der Waals surface area contributed by atoms with Crippen LogP contribution >= 0.6 is 27.5 Å². The van der Waals surface area contributed by atoms with Crippen LogP contribution < -0.4 is 10.1 Å². The van der Waals surface area contributed by atoms with Crippen molar-refractivity contribution < 1.29 is 23.5 Å². The van der Waals surface area contributed by atoms with Crippen molar-refractivity contribution >= 4 is 45.1 Å². The molecular formula is C16H12BrClFNO4. The molecule has 0 fully saturated rings. The normalized spacial score (nSPS) is 10.2. The van der Waals surface area contributed by atoms with Gasteiger partial charge < -0.3 is 14.8 Å². The first-order valence-electron chi connectivity index (χ1n) is 6.66. The number of ether oxygens (including phenoxy) is 2. The molecule has 0 aromatic heterocycles. The van der Waals surface area contributed by atoms with Crippen molar-refractivity contribution in [3.05, 3.63) is 57.3 Å². The molecule has 24 heavy (non-hydrogen) atoms. The van der Waals surface area contributed by atoms with Crippen LogP contribution in [0.4, 0.5) is 10.1 Å². The number of amides is 1. The van der Waals surface area contributed by atoms with Crippen LogP contribution in [0.2, 0.25) is 5.02 Å². The van der Waals surface area contributed by atoms with Gasteiger partial charge in [0.2, 0.25) is 0 Å². The van der Waals surface area contributed by atoms with Crippen molar-refractivity contribution in [3.8, 4) is 5.75 Å². The molecule has 0 saturated heterocycles. The monoisotopic (exact) mass is 415 g/mol. The Morgan fingerprint density at radius 3 is 2.67 bits per heavy atom. The highest BCUT2D eigenvalue weighted by Crippen LogP contribution is 2.27. The maximum atomic E-state index is 13.7. The highest BCUT2D eigenvalue weighted by Gasteiger charge is 2.16. The molecule has 0 aliphatic heterocycles. The van der Waals surface area contributed by atoms with Gasteiger partial charge in [0, 0.05) is 9.50 Å². The Bertz CT molecular complexity index is 785. The molecule has 0 spiro atoms. The minimum Gasteiger partial charge on any atom is -0.495 e. The van der Waals surface area contributed by atoms with Crippen LogP contribution in [0, 0.1) is 5.82 Å². The third-order valence-corrected chi connectivity index (χ3v) is 3.65. The van der Waals surface area contributed by atoms with Gasteiger partial charge in [-0.25, -0.2) is 9.18 Å². The lowest BCUT2D eigenvalue weighted by Gasteiger charge is -2.11. The van der Waals surface area contributed by atoms with Gasteiger partial charge in [-0.3, -0.25) is 4.79 Å². The van der Waals surface area contributed by atoms with Gasteiger partial charge in [0.15, 0.2) is 6.61 Å². The summed E-state index contributed by atoms with van der Waals surface area (Å²) in [6.07, 6.45) is 0. The van der Waals surface area contributed by atoms with Gasteiger partial charge in [-0.15, -0.1) is 0 Å². The number of nitrogens with one attached hydrogen (secondary N) is 1. The number of esters is 1. The van der Waals surface area contributed by atoms with E-state index in [1.165, 1.54) is 25.3 Å². The quantitative estimate of drug-likeness (QED) is 0.747. The molecule has 2 aromatic carbocycles. The Labute approximate surface area is 150 Å². The Morgan fingerprint density at radius 2 is 2.00 bits per heavy atom. The molecule has 2 aromatic rings. The minimum absolute atomic E-state index is 0.258. The number of rotatable bonds is 5. The highest BCUT2D eigenvalue weighted by atomic mass is 79.9. The topological polar surface area (TPSA) is 64.6 Å². The molecule has 0 heterocycles. The smallest absolute Gasteiger partial charge is 0.341 e. The lowest BCUT2D eigenvalue weighted by atomic mass is 10.2. The summed E-state index contributed by atoms with van der Waals surface area (Å²) in [4.78, 5) is 23.7. The van der Waals surface area contributed by atoms with Gasteiger partial charge >= 0.3 is 5.97 Å². The molecule has 0 atom stereocenters. The van der Waals surface area contributed by atoms with Gasteiger partial charge in [-0.05, 0) is 36.4 Å². The summed E-state index contributed by atoms with van der Waals surface area (Å²) in [7, 11) is 1.44. The van der Waals surface area contributed by atoms with Crippen LogP contribution in [-0.4, -0.2) is 25.6 Å². The first-order valence-corrected chi connectivity index (χ1v) is 7.83. The molecule has 0 aliphatic carbocycles. The van der Waals surface area contributed by atoms with Crippen LogP contribution in [0.3, 0.4) is 0 Å². The number of carbonyl (C=O) groups excluding carboxylic acids is 2. The van der Waals surface area contributed by atoms with E-state index in [-0.39, 0.29) is 5.56 Å². The summed E-state index contributed by atoms with van der Waals surface area (Å²) < 4.78 is 24.0. The van der Waals surface area contributed by atoms with E-state index < -0.39 is 24.3 Å². The van der Waals surface area contributed by atoms with Gasteiger partial charge in [-0.2, -0.15) is 0 Å². The van der Waals surface area contributed by atoms with Gasteiger partial charge in [0.1, 0.15) is 11.6 Å². The molecule has 8 heteroatoms. The van der Waals surface area contributed by atoms with E-state index in [1.807, 2.05) is 0 Å². The summed E-state index contributed by atoms with van der Waals surface area (Å²) in [5, 5.41) is 2.91. The first-order chi connectivity index (χ1) is 11.4. The molecule has 5 nitrogen and oxygen atoms in total. The van der Waals surface area contributed by atoms with Crippen LogP contribution in [-0.2, 0) is 9.53 Å². The number of methoxy groups -OCH3 is 1. The number of halogens is 3.